The number of likely N-dealkylation sites (tertiary alicyclic amines) is 1. The van der Waals surface area contributed by atoms with Gasteiger partial charge in [0.2, 0.25) is 11.8 Å². The topological polar surface area (TPSA) is 174 Å². The van der Waals surface area contributed by atoms with E-state index >= 15 is 0 Å². The molecule has 4 aliphatic rings. The van der Waals surface area contributed by atoms with Gasteiger partial charge in [0.05, 0.1) is 25.6 Å². The molecule has 0 radical (unpaired) electrons. The molecular weight excluding hydrogens is 560 g/mol. The average molecular weight is 599 g/mol. The molecule has 2 aliphatic heterocycles. The highest BCUT2D eigenvalue weighted by molar-refractivity contribution is 5.91. The first kappa shape index (κ1) is 30.5. The molecule has 13 heteroatoms. The second kappa shape index (κ2) is 10.9. The van der Waals surface area contributed by atoms with Crippen LogP contribution in [0.25, 0.3) is 0 Å². The summed E-state index contributed by atoms with van der Waals surface area (Å²) in [5, 5.41) is 28.1. The van der Waals surface area contributed by atoms with Crippen molar-refractivity contribution in [1.29, 1.82) is 0 Å². The molecule has 1 spiro atoms. The maximum atomic E-state index is 13.3. The van der Waals surface area contributed by atoms with Crippen molar-refractivity contribution in [2.75, 3.05) is 40.3 Å². The zero-order valence-electron chi connectivity index (χ0n) is 24.6. The average Bonchev–Trinajstić information content (AvgIpc) is 3.30. The highest BCUT2D eigenvalue weighted by Crippen LogP contribution is 2.65. The third-order valence-corrected chi connectivity index (χ3v) is 9.76. The molecule has 2 aliphatic carbocycles. The SMILES string of the molecule is C=CC[N+]1(C)CC[C@]23c4c5ccc(OC(=O)N(C)CCNC(=O)[C@H](CC(=O)[O-])NC(C)=O)c4O[C@H]2C(=O)CC[C@@]3(O)[C@H]1C5. The predicted molar refractivity (Wildman–Crippen MR) is 149 cm³/mol. The number of likely N-dealkylation sites (N-methyl/N-ethyl adjacent to an activating group) is 2. The van der Waals surface area contributed by atoms with Crippen LogP contribution in [0.4, 0.5) is 4.79 Å². The molecule has 3 N–H and O–H groups in total. The van der Waals surface area contributed by atoms with Crippen molar-refractivity contribution in [1.82, 2.24) is 15.5 Å². The van der Waals surface area contributed by atoms with Crippen molar-refractivity contribution in [2.45, 2.75) is 68.2 Å². The third kappa shape index (κ3) is 4.84. The second-order valence-corrected chi connectivity index (χ2v) is 12.3. The number of nitrogens with zero attached hydrogens (tertiary/aromatic N) is 2. The van der Waals surface area contributed by atoms with Crippen molar-refractivity contribution in [3.63, 3.8) is 0 Å². The number of ether oxygens (including phenoxy) is 2. The number of hydrogen-bond donors (Lipinski definition) is 3. The Labute approximate surface area is 249 Å². The van der Waals surface area contributed by atoms with Gasteiger partial charge in [0.1, 0.15) is 17.7 Å². The number of carboxylic acids is 1. The molecule has 43 heavy (non-hydrogen) atoms. The fraction of sp³-hybridized carbons (Fsp3) is 0.567. The Bertz CT molecular complexity index is 1380. The molecule has 13 nitrogen and oxygen atoms in total. The summed E-state index contributed by atoms with van der Waals surface area (Å²) >= 11 is 0. The number of benzene rings is 1. The Hall–Kier alpha value is -3.97. The summed E-state index contributed by atoms with van der Waals surface area (Å²) in [6.07, 6.45) is 1.22. The number of nitrogens with one attached hydrogen (secondary N) is 2. The van der Waals surface area contributed by atoms with E-state index in [0.29, 0.717) is 36.0 Å². The van der Waals surface area contributed by atoms with Crippen LogP contribution < -0.4 is 25.2 Å². The minimum atomic E-state index is -1.50. The van der Waals surface area contributed by atoms with Crippen LogP contribution in [0.15, 0.2) is 24.8 Å². The standard InChI is InChI=1S/C30H38N4O9/c1-5-13-34(4)14-10-29-24-18-6-7-21(25(24)43-26(29)20(36)8-9-30(29,41)22(34)15-18)42-28(40)33(3)12-11-31-27(39)19(16-23(37)38)32-17(2)35/h5-7,19,22,26,41H,1,8-16H2,2-4H3,(H2-,31,32,35,37,38,39)/t19-,22+,26-,29-,30+,34?/m0/s1. The zero-order valence-corrected chi connectivity index (χ0v) is 24.6. The Kier molecular flexibility index (Phi) is 7.76. The number of carbonyl (C=O) groups is 5. The summed E-state index contributed by atoms with van der Waals surface area (Å²) in [6, 6.07) is 2.07. The fourth-order valence-corrected chi connectivity index (χ4v) is 7.77. The van der Waals surface area contributed by atoms with E-state index in [4.69, 9.17) is 9.47 Å². The van der Waals surface area contributed by atoms with Crippen LogP contribution >= 0.6 is 0 Å². The van der Waals surface area contributed by atoms with Crippen LogP contribution in [0.3, 0.4) is 0 Å². The van der Waals surface area contributed by atoms with Gasteiger partial charge in [0.15, 0.2) is 23.4 Å². The number of ketones is 1. The molecule has 1 aromatic rings. The van der Waals surface area contributed by atoms with Gasteiger partial charge in [-0.2, -0.15) is 0 Å². The highest BCUT2D eigenvalue weighted by atomic mass is 16.6. The van der Waals surface area contributed by atoms with Gasteiger partial charge in [0, 0.05) is 64.3 Å². The van der Waals surface area contributed by atoms with Gasteiger partial charge in [-0.1, -0.05) is 12.6 Å². The molecule has 2 heterocycles. The van der Waals surface area contributed by atoms with Crippen molar-refractivity contribution >= 4 is 29.7 Å². The normalized spacial score (nSPS) is 30.3. The van der Waals surface area contributed by atoms with Crippen LogP contribution in [0.1, 0.15) is 43.7 Å². The van der Waals surface area contributed by atoms with E-state index < -0.39 is 53.5 Å². The molecule has 1 saturated carbocycles. The summed E-state index contributed by atoms with van der Waals surface area (Å²) in [5.41, 5.74) is -0.380. The number of aliphatic carboxylic acids is 1. The molecule has 232 valence electrons. The molecule has 2 bridgehead atoms. The molecule has 6 atom stereocenters. The lowest BCUT2D eigenvalue weighted by Crippen LogP contribution is -2.80. The van der Waals surface area contributed by atoms with Crippen molar-refractivity contribution in [2.24, 2.45) is 0 Å². The van der Waals surface area contributed by atoms with Gasteiger partial charge in [-0.05, 0) is 24.1 Å². The summed E-state index contributed by atoms with van der Waals surface area (Å²) in [7, 11) is 3.59. The van der Waals surface area contributed by atoms with Crippen molar-refractivity contribution in [3.8, 4) is 11.5 Å². The van der Waals surface area contributed by atoms with E-state index in [1.807, 2.05) is 12.1 Å². The first-order valence-electron chi connectivity index (χ1n) is 14.5. The number of piperidine rings is 1. The van der Waals surface area contributed by atoms with Crippen LogP contribution in [-0.2, 0) is 31.0 Å². The maximum Gasteiger partial charge on any atom is 0.415 e. The molecule has 1 saturated heterocycles. The molecule has 3 amide bonds. The maximum absolute atomic E-state index is 13.3. The van der Waals surface area contributed by atoms with Crippen molar-refractivity contribution in [3.05, 3.63) is 35.9 Å². The second-order valence-electron chi connectivity index (χ2n) is 12.3. The van der Waals surface area contributed by atoms with E-state index in [2.05, 4.69) is 24.3 Å². The number of carboxylic acid groups (broad SMARTS) is 1. The predicted octanol–water partition coefficient (Wildman–Crippen LogP) is -1.07. The first-order chi connectivity index (χ1) is 20.3. The molecule has 1 unspecified atom stereocenters. The number of carbonyl (C=O) groups excluding carboxylic acids is 5. The van der Waals surface area contributed by atoms with Gasteiger partial charge >= 0.3 is 6.09 Å². The van der Waals surface area contributed by atoms with E-state index in [0.717, 1.165) is 24.6 Å². The Morgan fingerprint density at radius 2 is 2.07 bits per heavy atom. The number of rotatable bonds is 10. The largest absolute Gasteiger partial charge is 0.550 e. The Morgan fingerprint density at radius 1 is 1.33 bits per heavy atom. The number of aliphatic hydroxyl groups is 1. The summed E-state index contributed by atoms with van der Waals surface area (Å²) in [6.45, 7) is 6.48. The van der Waals surface area contributed by atoms with Crippen LogP contribution in [0, 0.1) is 0 Å². The number of amides is 3. The first-order valence-corrected chi connectivity index (χ1v) is 14.5. The number of hydrogen-bond acceptors (Lipinski definition) is 9. The van der Waals surface area contributed by atoms with Gasteiger partial charge < -0.3 is 44.5 Å². The van der Waals surface area contributed by atoms with Crippen molar-refractivity contribution < 1.29 is 48.1 Å². The van der Waals surface area contributed by atoms with Crippen LogP contribution in [0.2, 0.25) is 0 Å². The zero-order chi connectivity index (χ0) is 31.3. The van der Waals surface area contributed by atoms with E-state index in [1.54, 1.807) is 6.07 Å². The third-order valence-electron chi connectivity index (χ3n) is 9.76. The Morgan fingerprint density at radius 3 is 2.74 bits per heavy atom. The van der Waals surface area contributed by atoms with Crippen LogP contribution in [-0.4, -0.2) is 108 Å². The number of quaternary nitrogens is 1. The molecule has 0 aromatic heterocycles. The lowest BCUT2D eigenvalue weighted by molar-refractivity contribution is -0.944. The summed E-state index contributed by atoms with van der Waals surface area (Å²) in [4.78, 5) is 62.2. The minimum Gasteiger partial charge on any atom is -0.550 e. The monoisotopic (exact) mass is 598 g/mol. The van der Waals surface area contributed by atoms with Gasteiger partial charge in [-0.15, -0.1) is 0 Å². The molecular formula is C30H38N4O9. The molecule has 1 aromatic carbocycles. The van der Waals surface area contributed by atoms with Gasteiger partial charge in [0.25, 0.3) is 0 Å². The summed E-state index contributed by atoms with van der Waals surface area (Å²) in [5.74, 6) is -2.42. The lowest BCUT2D eigenvalue weighted by Gasteiger charge is -2.64. The molecule has 5 rings (SSSR count). The van der Waals surface area contributed by atoms with E-state index in [1.165, 1.54) is 11.9 Å². The summed E-state index contributed by atoms with van der Waals surface area (Å²) < 4.78 is 12.7. The highest BCUT2D eigenvalue weighted by Gasteiger charge is 2.76. The lowest BCUT2D eigenvalue weighted by atomic mass is 9.48. The number of Topliss-reactive ketones (excluding diaryl/α,β-unsaturated/α-hetero) is 1. The van der Waals surface area contributed by atoms with Gasteiger partial charge in [-0.3, -0.25) is 14.4 Å². The van der Waals surface area contributed by atoms with E-state index in [9.17, 15) is 34.2 Å². The van der Waals surface area contributed by atoms with E-state index in [-0.39, 0.29) is 37.1 Å². The van der Waals surface area contributed by atoms with Gasteiger partial charge in [-0.25, -0.2) is 4.79 Å². The molecule has 2 fully saturated rings. The van der Waals surface area contributed by atoms with Crippen LogP contribution in [0.5, 0.6) is 11.5 Å². The quantitative estimate of drug-likeness (QED) is 0.224. The fourth-order valence-electron chi connectivity index (χ4n) is 7.77. The Balaban J connectivity index is 1.33. The smallest absolute Gasteiger partial charge is 0.415 e. The minimum absolute atomic E-state index is 0.0100.